The lowest BCUT2D eigenvalue weighted by Crippen LogP contribution is -2.38. The van der Waals surface area contributed by atoms with Gasteiger partial charge in [0.1, 0.15) is 18.1 Å². The van der Waals surface area contributed by atoms with Gasteiger partial charge < -0.3 is 14.6 Å². The molecule has 1 N–H and O–H groups in total. The third-order valence-corrected chi connectivity index (χ3v) is 5.98. The van der Waals surface area contributed by atoms with Crippen LogP contribution in [0.4, 0.5) is 5.69 Å². The van der Waals surface area contributed by atoms with Crippen molar-refractivity contribution in [2.75, 3.05) is 18.2 Å². The number of anilines is 1. The molecular formula is C35H45NO4. The minimum absolute atomic E-state index is 0.0892. The lowest BCUT2D eigenvalue weighted by atomic mass is 10.0. The van der Waals surface area contributed by atoms with E-state index in [-0.39, 0.29) is 12.6 Å². The molecule has 5 heteroatoms. The summed E-state index contributed by atoms with van der Waals surface area (Å²) >= 11 is 0. The Balaban J connectivity index is 0.000000491. The second-order valence-electron chi connectivity index (χ2n) is 9.26. The molecule has 5 nitrogen and oxygen atoms in total. The minimum Gasteiger partial charge on any atom is -0.491 e. The van der Waals surface area contributed by atoms with Crippen molar-refractivity contribution < 1.29 is 19.4 Å². The predicted octanol–water partition coefficient (Wildman–Crippen LogP) is 8.69. The van der Waals surface area contributed by atoms with Crippen LogP contribution in [0.3, 0.4) is 0 Å². The third kappa shape index (κ3) is 9.73. The van der Waals surface area contributed by atoms with E-state index in [1.807, 2.05) is 106 Å². The van der Waals surface area contributed by atoms with Crippen LogP contribution in [0.15, 0.2) is 97.6 Å². The van der Waals surface area contributed by atoms with Crippen molar-refractivity contribution in [1.82, 2.24) is 0 Å². The molecule has 0 aromatic heterocycles. The minimum atomic E-state index is -0.404. The van der Waals surface area contributed by atoms with Gasteiger partial charge in [-0.2, -0.15) is 0 Å². The van der Waals surface area contributed by atoms with Crippen molar-refractivity contribution in [1.29, 1.82) is 0 Å². The first-order valence-corrected chi connectivity index (χ1v) is 14.3. The molecule has 1 heterocycles. The van der Waals surface area contributed by atoms with E-state index in [1.54, 1.807) is 11.0 Å². The number of nitrogens with zero attached hydrogens (tertiary/aromatic N) is 1. The maximum Gasteiger partial charge on any atom is 0.264 e. The zero-order valence-electron chi connectivity index (χ0n) is 24.7. The first-order valence-electron chi connectivity index (χ1n) is 14.3. The highest BCUT2D eigenvalue weighted by Crippen LogP contribution is 2.34. The molecule has 0 radical (unpaired) electrons. The quantitative estimate of drug-likeness (QED) is 0.303. The molecule has 1 amide bonds. The number of allylic oxidation sites excluding steroid dienone is 3. The number of amides is 1. The van der Waals surface area contributed by atoms with Crippen LogP contribution >= 0.6 is 0 Å². The molecule has 1 aliphatic heterocycles. The summed E-state index contributed by atoms with van der Waals surface area (Å²) in [6.45, 7) is 14.1. The maximum atomic E-state index is 13.0. The van der Waals surface area contributed by atoms with Crippen molar-refractivity contribution in [3.05, 3.63) is 103 Å². The Morgan fingerprint density at radius 2 is 1.68 bits per heavy atom. The van der Waals surface area contributed by atoms with Gasteiger partial charge in [0.2, 0.25) is 0 Å². The van der Waals surface area contributed by atoms with Crippen molar-refractivity contribution in [3.8, 4) is 22.6 Å². The van der Waals surface area contributed by atoms with Crippen LogP contribution in [0.2, 0.25) is 0 Å². The van der Waals surface area contributed by atoms with Crippen molar-refractivity contribution >= 4 is 11.6 Å². The standard InChI is InChI=1S/C25H23NO4.C5H8.C3H8.C2H6/c27-23(18-6-7-18)15-29-21-11-9-20(10-12-21)26-16-30-24-14-19(8-13-22(24)25(26)28)17-4-2-1-3-5-17;1-3-5-4-2;1-3-2;1-2/h1-5,8-14,18,23,27H,6-7,15-16H2;3-5H,1H2,2H3;3H2,1-2H3;1-2H3/b;5-4-;;. The van der Waals surface area contributed by atoms with Crippen LogP contribution in [0.1, 0.15) is 64.2 Å². The topological polar surface area (TPSA) is 59.0 Å². The fraction of sp³-hybridized carbons (Fsp3) is 0.343. The second kappa shape index (κ2) is 17.7. The number of rotatable bonds is 7. The zero-order chi connectivity index (χ0) is 29.3. The van der Waals surface area contributed by atoms with E-state index >= 15 is 0 Å². The summed E-state index contributed by atoms with van der Waals surface area (Å²) in [5.41, 5.74) is 3.40. The molecule has 1 atom stereocenters. The molecule has 3 aromatic rings. The largest absolute Gasteiger partial charge is 0.491 e. The van der Waals surface area contributed by atoms with Gasteiger partial charge in [-0.15, -0.1) is 0 Å². The van der Waals surface area contributed by atoms with Crippen LogP contribution < -0.4 is 14.4 Å². The summed E-state index contributed by atoms with van der Waals surface area (Å²) in [6.07, 6.45) is 8.58. The van der Waals surface area contributed by atoms with E-state index in [2.05, 4.69) is 20.4 Å². The van der Waals surface area contributed by atoms with Gasteiger partial charge in [-0.1, -0.05) is 95.3 Å². The van der Waals surface area contributed by atoms with Crippen molar-refractivity contribution in [2.45, 2.75) is 60.0 Å². The van der Waals surface area contributed by atoms with Crippen LogP contribution in [-0.4, -0.2) is 30.5 Å². The number of carbonyl (C=O) groups is 1. The van der Waals surface area contributed by atoms with Gasteiger partial charge in [0.05, 0.1) is 11.7 Å². The zero-order valence-corrected chi connectivity index (χ0v) is 24.7. The Labute approximate surface area is 240 Å². The molecule has 1 aliphatic carbocycles. The Bertz CT molecular complexity index is 1180. The third-order valence-electron chi connectivity index (χ3n) is 5.98. The molecule has 40 heavy (non-hydrogen) atoms. The number of ether oxygens (including phenoxy) is 2. The predicted molar refractivity (Wildman–Crippen MR) is 167 cm³/mol. The molecule has 214 valence electrons. The van der Waals surface area contributed by atoms with Gasteiger partial charge >= 0.3 is 0 Å². The van der Waals surface area contributed by atoms with E-state index in [0.717, 1.165) is 29.7 Å². The summed E-state index contributed by atoms with van der Waals surface area (Å²) in [5, 5.41) is 9.93. The summed E-state index contributed by atoms with van der Waals surface area (Å²) in [5.74, 6) is 1.58. The van der Waals surface area contributed by atoms with E-state index in [4.69, 9.17) is 9.47 Å². The highest BCUT2D eigenvalue weighted by Gasteiger charge is 2.30. The Hall–Kier alpha value is -3.83. The van der Waals surface area contributed by atoms with Gasteiger partial charge in [-0.05, 0) is 73.2 Å². The molecule has 2 aliphatic rings. The number of hydrogen-bond acceptors (Lipinski definition) is 4. The first kappa shape index (κ1) is 32.4. The fourth-order valence-electron chi connectivity index (χ4n) is 3.82. The summed E-state index contributed by atoms with van der Waals surface area (Å²) in [7, 11) is 0. The highest BCUT2D eigenvalue weighted by molar-refractivity contribution is 6.09. The molecule has 0 saturated heterocycles. The fourth-order valence-corrected chi connectivity index (χ4v) is 3.82. The van der Waals surface area contributed by atoms with E-state index in [1.165, 1.54) is 6.42 Å². The monoisotopic (exact) mass is 543 g/mol. The Kier molecular flexibility index (Phi) is 14.3. The van der Waals surface area contributed by atoms with Crippen molar-refractivity contribution in [2.24, 2.45) is 5.92 Å². The van der Waals surface area contributed by atoms with Crippen molar-refractivity contribution in [3.63, 3.8) is 0 Å². The first-order chi connectivity index (χ1) is 19.5. The smallest absolute Gasteiger partial charge is 0.264 e. The number of fused-ring (bicyclic) bond motifs is 1. The van der Waals surface area contributed by atoms with E-state index < -0.39 is 6.10 Å². The highest BCUT2D eigenvalue weighted by atomic mass is 16.5. The van der Waals surface area contributed by atoms with Gasteiger partial charge in [0, 0.05) is 5.69 Å². The van der Waals surface area contributed by atoms with Crippen LogP contribution in [0.25, 0.3) is 11.1 Å². The van der Waals surface area contributed by atoms with Gasteiger partial charge in [0.25, 0.3) is 5.91 Å². The summed E-state index contributed by atoms with van der Waals surface area (Å²) in [4.78, 5) is 14.6. The number of carbonyl (C=O) groups excluding carboxylic acids is 1. The number of aliphatic hydroxyl groups is 1. The van der Waals surface area contributed by atoms with Crippen LogP contribution in [0, 0.1) is 5.92 Å². The molecule has 1 fully saturated rings. The number of hydrogen-bond donors (Lipinski definition) is 1. The lowest BCUT2D eigenvalue weighted by molar-refractivity contribution is 0.0894. The molecule has 3 aromatic carbocycles. The Morgan fingerprint density at radius 3 is 2.23 bits per heavy atom. The van der Waals surface area contributed by atoms with Gasteiger partial charge in [0.15, 0.2) is 6.73 Å². The summed E-state index contributed by atoms with van der Waals surface area (Å²) < 4.78 is 11.6. The van der Waals surface area contributed by atoms with Crippen LogP contribution in [0.5, 0.6) is 11.5 Å². The SMILES string of the molecule is C=C/C=C\C.CC.CCC.O=C1c2ccc(-c3ccccc3)cc2OCN1c1ccc(OCC(O)C2CC2)cc1. The number of benzene rings is 3. The molecule has 1 saturated carbocycles. The molecule has 1 unspecified atom stereocenters. The molecule has 5 rings (SSSR count). The van der Waals surface area contributed by atoms with Crippen LogP contribution in [-0.2, 0) is 0 Å². The molecule has 0 spiro atoms. The average molecular weight is 544 g/mol. The van der Waals surface area contributed by atoms with Gasteiger partial charge in [-0.3, -0.25) is 9.69 Å². The second-order valence-corrected chi connectivity index (χ2v) is 9.26. The van der Waals surface area contributed by atoms with E-state index in [0.29, 0.717) is 29.6 Å². The lowest BCUT2D eigenvalue weighted by Gasteiger charge is -2.29. The maximum absolute atomic E-state index is 13.0. The normalized spacial score (nSPS) is 14.2. The summed E-state index contributed by atoms with van der Waals surface area (Å²) in [6, 6.07) is 23.0. The average Bonchev–Trinajstić information content (AvgIpc) is 3.85. The molecular weight excluding hydrogens is 498 g/mol. The van der Waals surface area contributed by atoms with Gasteiger partial charge in [-0.25, -0.2) is 0 Å². The Morgan fingerprint density at radius 1 is 1.02 bits per heavy atom. The number of aliphatic hydroxyl groups excluding tert-OH is 1. The molecule has 0 bridgehead atoms. The van der Waals surface area contributed by atoms with E-state index in [9.17, 15) is 9.90 Å².